The van der Waals surface area contributed by atoms with Crippen LogP contribution in [-0.2, 0) is 0 Å². The van der Waals surface area contributed by atoms with E-state index in [1.165, 1.54) is 0 Å². The van der Waals surface area contributed by atoms with Crippen LogP contribution >= 0.6 is 0 Å². The molecule has 1 saturated heterocycles. The number of carbonyl (C=O) groups is 1. The van der Waals surface area contributed by atoms with Crippen LogP contribution in [0.15, 0.2) is 30.5 Å². The highest BCUT2D eigenvalue weighted by Gasteiger charge is 2.23. The first-order valence-corrected chi connectivity index (χ1v) is 8.94. The highest BCUT2D eigenvalue weighted by molar-refractivity contribution is 5.91. The number of rotatable bonds is 4. The maximum Gasteiger partial charge on any atom is 0.273 e. The maximum atomic E-state index is 12.4. The molecule has 0 bridgehead atoms. The number of para-hydroxylation sites is 1. The monoisotopic (exact) mass is 341 g/mol. The lowest BCUT2D eigenvalue weighted by Gasteiger charge is -2.25. The lowest BCUT2D eigenvalue weighted by Crippen LogP contribution is -2.31. The van der Waals surface area contributed by atoms with Gasteiger partial charge >= 0.3 is 0 Å². The molecule has 0 radical (unpaired) electrons. The minimum absolute atomic E-state index is 0.163. The van der Waals surface area contributed by atoms with Gasteiger partial charge in [-0.2, -0.15) is 0 Å². The van der Waals surface area contributed by atoms with E-state index in [1.807, 2.05) is 22.9 Å². The van der Waals surface area contributed by atoms with Crippen molar-refractivity contribution in [2.45, 2.75) is 31.2 Å². The fraction of sp³-hybridized carbons (Fsp3) is 0.500. The number of piperidine rings is 1. The molecular weight excluding hydrogens is 318 g/mol. The zero-order valence-electron chi connectivity index (χ0n) is 14.1. The van der Waals surface area contributed by atoms with E-state index in [0.717, 1.165) is 43.7 Å². The summed E-state index contributed by atoms with van der Waals surface area (Å²) >= 11 is 0. The summed E-state index contributed by atoms with van der Waals surface area (Å²) in [4.78, 5) is 12.4. The van der Waals surface area contributed by atoms with E-state index in [2.05, 4.69) is 27.0 Å². The van der Waals surface area contributed by atoms with E-state index in [9.17, 15) is 4.79 Å². The second-order valence-corrected chi connectivity index (χ2v) is 6.65. The smallest absolute Gasteiger partial charge is 0.273 e. The zero-order valence-corrected chi connectivity index (χ0v) is 14.1. The van der Waals surface area contributed by atoms with Crippen molar-refractivity contribution in [3.63, 3.8) is 0 Å². The Labute approximate surface area is 146 Å². The maximum absolute atomic E-state index is 12.4. The van der Waals surface area contributed by atoms with Gasteiger partial charge in [0, 0.05) is 12.5 Å². The molecule has 7 heteroatoms. The summed E-state index contributed by atoms with van der Waals surface area (Å²) in [6.45, 7) is 3.23. The van der Waals surface area contributed by atoms with E-state index in [-0.39, 0.29) is 11.8 Å². The molecule has 2 aliphatic rings. The minimum atomic E-state index is -0.163. The van der Waals surface area contributed by atoms with E-state index in [0.29, 0.717) is 24.9 Å². The van der Waals surface area contributed by atoms with Crippen LogP contribution in [0.5, 0.6) is 5.75 Å². The molecule has 4 rings (SSSR count). The summed E-state index contributed by atoms with van der Waals surface area (Å²) in [5.41, 5.74) is 1.55. The Kier molecular flexibility index (Phi) is 4.65. The van der Waals surface area contributed by atoms with Crippen molar-refractivity contribution in [3.8, 4) is 5.75 Å². The molecule has 2 aliphatic heterocycles. The average molecular weight is 341 g/mol. The number of aromatic nitrogens is 3. The highest BCUT2D eigenvalue weighted by atomic mass is 16.5. The molecule has 7 nitrogen and oxygen atoms in total. The number of carbonyl (C=O) groups excluding carboxylic acids is 1. The van der Waals surface area contributed by atoms with Crippen LogP contribution in [0.3, 0.4) is 0 Å². The number of hydrogen-bond acceptors (Lipinski definition) is 5. The number of benzene rings is 1. The molecule has 1 atom stereocenters. The summed E-state index contributed by atoms with van der Waals surface area (Å²) in [5, 5.41) is 14.5. The average Bonchev–Trinajstić information content (AvgIpc) is 3.17. The molecule has 132 valence electrons. The fourth-order valence-electron chi connectivity index (χ4n) is 3.56. The van der Waals surface area contributed by atoms with Crippen molar-refractivity contribution < 1.29 is 9.53 Å². The predicted octanol–water partition coefficient (Wildman–Crippen LogP) is 1.50. The van der Waals surface area contributed by atoms with Gasteiger partial charge in [-0.1, -0.05) is 23.4 Å². The summed E-state index contributed by atoms with van der Waals surface area (Å²) < 4.78 is 7.50. The van der Waals surface area contributed by atoms with Crippen LogP contribution in [-0.4, -0.2) is 47.1 Å². The molecule has 0 spiro atoms. The molecule has 2 N–H and O–H groups in total. The second-order valence-electron chi connectivity index (χ2n) is 6.65. The molecule has 1 fully saturated rings. The summed E-state index contributed by atoms with van der Waals surface area (Å²) in [5.74, 6) is 1.03. The van der Waals surface area contributed by atoms with Gasteiger partial charge in [0.25, 0.3) is 5.91 Å². The third kappa shape index (κ3) is 3.51. The van der Waals surface area contributed by atoms with E-state index in [1.54, 1.807) is 6.20 Å². The Morgan fingerprint density at radius 1 is 1.28 bits per heavy atom. The van der Waals surface area contributed by atoms with Gasteiger partial charge in [0.1, 0.15) is 5.75 Å². The fourth-order valence-corrected chi connectivity index (χ4v) is 3.56. The third-order valence-electron chi connectivity index (χ3n) is 5.02. The Bertz CT molecular complexity index is 739. The van der Waals surface area contributed by atoms with Crippen LogP contribution in [0.2, 0.25) is 0 Å². The molecule has 1 aromatic heterocycles. The Hall–Kier alpha value is -2.41. The van der Waals surface area contributed by atoms with Crippen molar-refractivity contribution in [2.24, 2.45) is 0 Å². The van der Waals surface area contributed by atoms with Gasteiger partial charge in [-0.15, -0.1) is 5.10 Å². The Balaban J connectivity index is 1.37. The molecule has 0 aliphatic carbocycles. The first-order chi connectivity index (χ1) is 12.3. The normalized spacial score (nSPS) is 20.6. The number of nitrogens with zero attached hydrogens (tertiary/aromatic N) is 3. The molecule has 1 unspecified atom stereocenters. The van der Waals surface area contributed by atoms with Gasteiger partial charge in [-0.3, -0.25) is 4.79 Å². The van der Waals surface area contributed by atoms with E-state index in [4.69, 9.17) is 4.74 Å². The highest BCUT2D eigenvalue weighted by Crippen LogP contribution is 2.32. The molecule has 0 saturated carbocycles. The Morgan fingerprint density at radius 2 is 2.12 bits per heavy atom. The van der Waals surface area contributed by atoms with Gasteiger partial charge < -0.3 is 15.4 Å². The first kappa shape index (κ1) is 16.1. The van der Waals surface area contributed by atoms with Gasteiger partial charge in [0.2, 0.25) is 0 Å². The van der Waals surface area contributed by atoms with Gasteiger partial charge in [0.15, 0.2) is 5.69 Å². The molecule has 1 aromatic carbocycles. The molecule has 25 heavy (non-hydrogen) atoms. The van der Waals surface area contributed by atoms with E-state index >= 15 is 0 Å². The van der Waals surface area contributed by atoms with E-state index < -0.39 is 0 Å². The van der Waals surface area contributed by atoms with Crippen LogP contribution in [0.4, 0.5) is 0 Å². The largest absolute Gasteiger partial charge is 0.493 e. The molecule has 2 aromatic rings. The van der Waals surface area contributed by atoms with Crippen molar-refractivity contribution in [1.29, 1.82) is 0 Å². The molecule has 1 amide bonds. The van der Waals surface area contributed by atoms with Crippen LogP contribution in [0.25, 0.3) is 0 Å². The lowest BCUT2D eigenvalue weighted by atomic mass is 9.93. The van der Waals surface area contributed by atoms with Crippen molar-refractivity contribution >= 4 is 5.91 Å². The second kappa shape index (κ2) is 7.23. The SMILES string of the molecule is O=C(NCC1CCOc2ccccc21)c1cn(C2CCNCC2)nn1. The number of amides is 1. The van der Waals surface area contributed by atoms with Crippen LogP contribution in [0.1, 0.15) is 47.3 Å². The van der Waals surface area contributed by atoms with Crippen molar-refractivity contribution in [2.75, 3.05) is 26.2 Å². The van der Waals surface area contributed by atoms with Gasteiger partial charge in [0.05, 0.1) is 18.8 Å². The lowest BCUT2D eigenvalue weighted by molar-refractivity contribution is 0.0943. The standard InChI is InChI=1S/C18H23N5O2/c24-18(16-12-23(22-21-16)14-5-8-19-9-6-14)20-11-13-7-10-25-17-4-2-1-3-15(13)17/h1-4,12-14,19H,5-11H2,(H,20,24). The molecular formula is C18H23N5O2. The summed E-state index contributed by atoms with van der Waals surface area (Å²) in [6.07, 6.45) is 4.70. The minimum Gasteiger partial charge on any atom is -0.493 e. The predicted molar refractivity (Wildman–Crippen MR) is 92.8 cm³/mol. The number of ether oxygens (including phenoxy) is 1. The number of nitrogens with one attached hydrogen (secondary N) is 2. The van der Waals surface area contributed by atoms with Gasteiger partial charge in [-0.25, -0.2) is 4.68 Å². The summed E-state index contributed by atoms with van der Waals surface area (Å²) in [7, 11) is 0. The number of hydrogen-bond donors (Lipinski definition) is 2. The molecule has 3 heterocycles. The number of fused-ring (bicyclic) bond motifs is 1. The van der Waals surface area contributed by atoms with Crippen LogP contribution in [0, 0.1) is 0 Å². The quantitative estimate of drug-likeness (QED) is 0.881. The summed E-state index contributed by atoms with van der Waals surface area (Å²) in [6, 6.07) is 8.36. The zero-order chi connectivity index (χ0) is 17.1. The third-order valence-corrected chi connectivity index (χ3v) is 5.02. The van der Waals surface area contributed by atoms with Crippen molar-refractivity contribution in [3.05, 3.63) is 41.7 Å². The first-order valence-electron chi connectivity index (χ1n) is 8.94. The van der Waals surface area contributed by atoms with Crippen molar-refractivity contribution in [1.82, 2.24) is 25.6 Å². The van der Waals surface area contributed by atoms with Crippen LogP contribution < -0.4 is 15.4 Å². The topological polar surface area (TPSA) is 81.1 Å². The van der Waals surface area contributed by atoms with Gasteiger partial charge in [-0.05, 0) is 44.0 Å². The Morgan fingerprint density at radius 3 is 3.00 bits per heavy atom.